The molecular formula is C14H10Br2Cl2O. The van der Waals surface area contributed by atoms with Crippen molar-refractivity contribution >= 4 is 55.1 Å². The molecule has 100 valence electrons. The van der Waals surface area contributed by atoms with Gasteiger partial charge in [0.2, 0.25) is 0 Å². The van der Waals surface area contributed by atoms with Crippen LogP contribution in [0.25, 0.3) is 0 Å². The summed E-state index contributed by atoms with van der Waals surface area (Å²) in [5, 5.41) is 11.5. The van der Waals surface area contributed by atoms with Crippen LogP contribution in [0, 0.1) is 0 Å². The molecule has 1 atom stereocenters. The third kappa shape index (κ3) is 3.96. The van der Waals surface area contributed by atoms with Gasteiger partial charge in [0.15, 0.2) is 0 Å². The molecule has 0 amide bonds. The summed E-state index contributed by atoms with van der Waals surface area (Å²) in [7, 11) is 0. The van der Waals surface area contributed by atoms with Gasteiger partial charge in [0.25, 0.3) is 0 Å². The van der Waals surface area contributed by atoms with Crippen LogP contribution in [0.4, 0.5) is 0 Å². The summed E-state index contributed by atoms with van der Waals surface area (Å²) in [4.78, 5) is 0. The van der Waals surface area contributed by atoms with Gasteiger partial charge in [-0.3, -0.25) is 0 Å². The van der Waals surface area contributed by atoms with E-state index in [4.69, 9.17) is 23.2 Å². The zero-order valence-corrected chi connectivity index (χ0v) is 14.4. The molecule has 0 aliphatic heterocycles. The minimum atomic E-state index is -0.624. The summed E-state index contributed by atoms with van der Waals surface area (Å²) in [5.74, 6) is 0. The maximum absolute atomic E-state index is 10.3. The number of halogens is 4. The van der Waals surface area contributed by atoms with Crippen molar-refractivity contribution in [3.63, 3.8) is 0 Å². The lowest BCUT2D eigenvalue weighted by Crippen LogP contribution is -2.03. The van der Waals surface area contributed by atoms with Gasteiger partial charge in [-0.05, 0) is 35.4 Å². The molecule has 0 heterocycles. The Morgan fingerprint density at radius 1 is 1.05 bits per heavy atom. The number of rotatable bonds is 3. The van der Waals surface area contributed by atoms with Gasteiger partial charge < -0.3 is 5.11 Å². The van der Waals surface area contributed by atoms with Crippen LogP contribution in [0.3, 0.4) is 0 Å². The van der Waals surface area contributed by atoms with Crippen LogP contribution >= 0.6 is 55.1 Å². The molecule has 2 aromatic rings. The molecule has 0 radical (unpaired) electrons. The molecule has 1 unspecified atom stereocenters. The summed E-state index contributed by atoms with van der Waals surface area (Å²) in [6.07, 6.45) is -0.183. The van der Waals surface area contributed by atoms with E-state index in [2.05, 4.69) is 31.9 Å². The third-order valence-electron chi connectivity index (χ3n) is 2.75. The van der Waals surface area contributed by atoms with E-state index in [-0.39, 0.29) is 0 Å². The van der Waals surface area contributed by atoms with Gasteiger partial charge in [0, 0.05) is 25.4 Å². The molecule has 0 bridgehead atoms. The lowest BCUT2D eigenvalue weighted by molar-refractivity contribution is 0.177. The van der Waals surface area contributed by atoms with Crippen LogP contribution in [0.5, 0.6) is 0 Å². The van der Waals surface area contributed by atoms with Gasteiger partial charge in [-0.15, -0.1) is 0 Å². The van der Waals surface area contributed by atoms with E-state index in [1.165, 1.54) is 0 Å². The topological polar surface area (TPSA) is 20.2 Å². The van der Waals surface area contributed by atoms with E-state index in [1.54, 1.807) is 12.1 Å². The molecule has 5 heteroatoms. The molecule has 1 N–H and O–H groups in total. The second kappa shape index (κ2) is 6.59. The zero-order valence-electron chi connectivity index (χ0n) is 9.71. The lowest BCUT2D eigenvalue weighted by atomic mass is 10.0. The highest BCUT2D eigenvalue weighted by atomic mass is 79.9. The summed E-state index contributed by atoms with van der Waals surface area (Å²) >= 11 is 18.8. The number of hydrogen-bond donors (Lipinski definition) is 1. The quantitative estimate of drug-likeness (QED) is 0.660. The first-order chi connectivity index (χ1) is 8.97. The van der Waals surface area contributed by atoms with E-state index in [1.807, 2.05) is 24.3 Å². The van der Waals surface area contributed by atoms with E-state index in [9.17, 15) is 5.11 Å². The largest absolute Gasteiger partial charge is 0.388 e. The Morgan fingerprint density at radius 3 is 2.42 bits per heavy atom. The Balaban J connectivity index is 2.23. The highest BCUT2D eigenvalue weighted by Gasteiger charge is 2.14. The van der Waals surface area contributed by atoms with Crippen molar-refractivity contribution in [2.75, 3.05) is 0 Å². The lowest BCUT2D eigenvalue weighted by Gasteiger charge is -2.14. The molecule has 0 saturated carbocycles. The van der Waals surface area contributed by atoms with Crippen LogP contribution in [-0.2, 0) is 6.42 Å². The van der Waals surface area contributed by atoms with Crippen LogP contribution in [-0.4, -0.2) is 5.11 Å². The molecule has 0 aliphatic rings. The predicted molar refractivity (Wildman–Crippen MR) is 87.0 cm³/mol. The smallest absolute Gasteiger partial charge is 0.0841 e. The molecule has 0 spiro atoms. The first-order valence-corrected chi connectivity index (χ1v) is 7.88. The maximum Gasteiger partial charge on any atom is 0.0841 e. The molecule has 0 aliphatic carbocycles. The molecule has 2 rings (SSSR count). The molecular weight excluding hydrogens is 415 g/mol. The number of aliphatic hydroxyl groups is 1. The number of benzene rings is 2. The summed E-state index contributed by atoms with van der Waals surface area (Å²) in [6, 6.07) is 11.0. The van der Waals surface area contributed by atoms with Crippen LogP contribution in [0.15, 0.2) is 45.3 Å². The second-order valence-electron chi connectivity index (χ2n) is 4.12. The van der Waals surface area contributed by atoms with Crippen molar-refractivity contribution in [3.05, 3.63) is 66.5 Å². The van der Waals surface area contributed by atoms with Gasteiger partial charge in [-0.25, -0.2) is 0 Å². The third-order valence-corrected chi connectivity index (χ3v) is 4.52. The first-order valence-electron chi connectivity index (χ1n) is 5.54. The molecule has 0 aromatic heterocycles. The number of aliphatic hydroxyl groups excluding tert-OH is 1. The highest BCUT2D eigenvalue weighted by molar-refractivity contribution is 9.11. The van der Waals surface area contributed by atoms with Gasteiger partial charge in [-0.1, -0.05) is 67.2 Å². The van der Waals surface area contributed by atoms with Crippen LogP contribution in [0.2, 0.25) is 10.0 Å². The summed E-state index contributed by atoms with van der Waals surface area (Å²) in [5.41, 5.74) is 1.70. The van der Waals surface area contributed by atoms with Gasteiger partial charge >= 0.3 is 0 Å². The molecule has 1 nitrogen and oxygen atoms in total. The summed E-state index contributed by atoms with van der Waals surface area (Å²) in [6.45, 7) is 0. The van der Waals surface area contributed by atoms with E-state index in [0.29, 0.717) is 16.5 Å². The molecule has 0 fully saturated rings. The normalized spacial score (nSPS) is 12.5. The number of hydrogen-bond acceptors (Lipinski definition) is 1. The average molecular weight is 425 g/mol. The Kier molecular flexibility index (Phi) is 5.32. The second-order valence-corrected chi connectivity index (χ2v) is 6.74. The van der Waals surface area contributed by atoms with Gasteiger partial charge in [0.1, 0.15) is 0 Å². The van der Waals surface area contributed by atoms with Crippen molar-refractivity contribution < 1.29 is 5.11 Å². The van der Waals surface area contributed by atoms with Crippen LogP contribution in [0.1, 0.15) is 17.2 Å². The monoisotopic (exact) mass is 422 g/mol. The molecule has 2 aromatic carbocycles. The zero-order chi connectivity index (χ0) is 14.0. The SMILES string of the molecule is OC(Cc1ccc(Cl)cc1Cl)c1ccc(Br)cc1Br. The fraction of sp³-hybridized carbons (Fsp3) is 0.143. The summed E-state index contributed by atoms with van der Waals surface area (Å²) < 4.78 is 1.82. The first kappa shape index (κ1) is 15.3. The Labute approximate surface area is 138 Å². The van der Waals surface area contributed by atoms with Crippen molar-refractivity contribution in [2.45, 2.75) is 12.5 Å². The van der Waals surface area contributed by atoms with Crippen molar-refractivity contribution in [2.24, 2.45) is 0 Å². The fourth-order valence-corrected chi connectivity index (χ4v) is 3.57. The average Bonchev–Trinajstić information content (AvgIpc) is 2.32. The molecule has 19 heavy (non-hydrogen) atoms. The van der Waals surface area contributed by atoms with E-state index < -0.39 is 6.10 Å². The predicted octanol–water partition coefficient (Wildman–Crippen LogP) is 5.79. The molecule has 0 saturated heterocycles. The van der Waals surface area contributed by atoms with Gasteiger partial charge in [-0.2, -0.15) is 0 Å². The standard InChI is InChI=1S/C14H10Br2Cl2O/c15-9-2-4-11(12(16)6-9)14(19)5-8-1-3-10(17)7-13(8)18/h1-4,6-7,14,19H,5H2. The van der Waals surface area contributed by atoms with E-state index >= 15 is 0 Å². The van der Waals surface area contributed by atoms with Crippen molar-refractivity contribution in [1.29, 1.82) is 0 Å². The van der Waals surface area contributed by atoms with Gasteiger partial charge in [0.05, 0.1) is 6.10 Å². The fourth-order valence-electron chi connectivity index (χ4n) is 1.78. The Hall–Kier alpha value is -0.0600. The van der Waals surface area contributed by atoms with Crippen molar-refractivity contribution in [1.82, 2.24) is 0 Å². The Morgan fingerprint density at radius 2 is 1.79 bits per heavy atom. The van der Waals surface area contributed by atoms with Crippen molar-refractivity contribution in [3.8, 4) is 0 Å². The highest BCUT2D eigenvalue weighted by Crippen LogP contribution is 2.31. The Bertz CT molecular complexity index is 602. The maximum atomic E-state index is 10.3. The van der Waals surface area contributed by atoms with Crippen LogP contribution < -0.4 is 0 Å². The van der Waals surface area contributed by atoms with E-state index in [0.717, 1.165) is 20.1 Å². The minimum Gasteiger partial charge on any atom is -0.388 e. The minimum absolute atomic E-state index is 0.441.